The monoisotopic (exact) mass is 764 g/mol. The zero-order valence-corrected chi connectivity index (χ0v) is 31.4. The van der Waals surface area contributed by atoms with Gasteiger partial charge in [0, 0.05) is 17.2 Å². The van der Waals surface area contributed by atoms with Gasteiger partial charge in [-0.05, 0) is 46.4 Å². The van der Waals surface area contributed by atoms with Crippen LogP contribution in [0.1, 0.15) is 58.6 Å². The van der Waals surface area contributed by atoms with Crippen LogP contribution in [-0.2, 0) is 43.6 Å². The Labute approximate surface area is 321 Å². The van der Waals surface area contributed by atoms with Crippen molar-refractivity contribution in [3.05, 3.63) is 136 Å². The predicted octanol–water partition coefficient (Wildman–Crippen LogP) is 7.14. The van der Waals surface area contributed by atoms with Crippen LogP contribution in [-0.4, -0.2) is 56.0 Å². The van der Waals surface area contributed by atoms with Gasteiger partial charge in [-0.3, -0.25) is 14.5 Å². The number of thioether (sulfide) groups is 1. The zero-order chi connectivity index (χ0) is 37.6. The van der Waals surface area contributed by atoms with Crippen LogP contribution in [0.15, 0.2) is 107 Å². The molecule has 0 bridgehead atoms. The largest absolute Gasteiger partial charge is 0.445 e. The molecule has 2 saturated heterocycles. The number of nitrogens with one attached hydrogen (secondary N) is 1. The number of aromatic nitrogens is 2. The van der Waals surface area contributed by atoms with Gasteiger partial charge < -0.3 is 24.6 Å². The Kier molecular flexibility index (Phi) is 11.8. The summed E-state index contributed by atoms with van der Waals surface area (Å²) in [5.74, 6) is -0.101. The molecule has 1 aromatic heterocycles. The number of carbonyl (C=O) groups is 3. The number of aliphatic hydroxyl groups excluding tert-OH is 1. The summed E-state index contributed by atoms with van der Waals surface area (Å²) in [5.41, 5.74) is 6.18. The summed E-state index contributed by atoms with van der Waals surface area (Å²) >= 11 is 3.19. The molecule has 11 nitrogen and oxygen atoms in total. The average molecular weight is 765 g/mol. The average Bonchev–Trinajstić information content (AvgIpc) is 3.74. The molecule has 3 heterocycles. The Morgan fingerprint density at radius 2 is 1.65 bits per heavy atom. The molecule has 3 amide bonds. The van der Waals surface area contributed by atoms with Gasteiger partial charge >= 0.3 is 6.09 Å². The number of aliphatic hydroxyl groups is 1. The first-order chi connectivity index (χ1) is 26.2. The first-order valence-electron chi connectivity index (χ1n) is 17.7. The molecule has 0 saturated carbocycles. The first-order valence-corrected chi connectivity index (χ1v) is 19.5. The third kappa shape index (κ3) is 8.88. The number of hydrogen-bond acceptors (Lipinski definition) is 11. The van der Waals surface area contributed by atoms with Gasteiger partial charge in [0.2, 0.25) is 5.91 Å². The highest BCUT2D eigenvalue weighted by Crippen LogP contribution is 2.43. The van der Waals surface area contributed by atoms with Crippen LogP contribution in [0.4, 0.5) is 4.79 Å². The second kappa shape index (κ2) is 17.0. The van der Waals surface area contributed by atoms with E-state index in [2.05, 4.69) is 22.4 Å². The van der Waals surface area contributed by atoms with Crippen molar-refractivity contribution >= 4 is 41.0 Å². The van der Waals surface area contributed by atoms with Gasteiger partial charge in [0.15, 0.2) is 10.6 Å². The Bertz CT molecular complexity index is 2080. The highest BCUT2D eigenvalue weighted by atomic mass is 32.2. The molecule has 4 aromatic carbocycles. The maximum Gasteiger partial charge on any atom is 0.408 e. The van der Waals surface area contributed by atoms with Crippen LogP contribution >= 0.6 is 23.1 Å². The number of rotatable bonds is 12. The number of alkyl carbamates (subject to hydrolysis) is 1. The SMILES string of the molecule is Cc1nnc(SC[C@@H]2O[C@H](c3ccc(-c4cccc(CN5C(=O)CC(NC(=O)OCc6ccccc6)C5=O)c4)cc3)O[C@H](c3ccc(CO)cc3)[C@@H]2C)s1. The van der Waals surface area contributed by atoms with Gasteiger partial charge in [0.1, 0.15) is 17.7 Å². The Morgan fingerprint density at radius 3 is 2.37 bits per heavy atom. The topological polar surface area (TPSA) is 140 Å². The summed E-state index contributed by atoms with van der Waals surface area (Å²) in [6, 6.07) is 31.8. The van der Waals surface area contributed by atoms with E-state index < -0.39 is 24.3 Å². The van der Waals surface area contributed by atoms with Crippen molar-refractivity contribution in [2.24, 2.45) is 5.92 Å². The summed E-state index contributed by atoms with van der Waals surface area (Å²) < 4.78 is 19.4. The van der Waals surface area contributed by atoms with Crippen molar-refractivity contribution in [3.8, 4) is 11.1 Å². The maximum atomic E-state index is 13.2. The van der Waals surface area contributed by atoms with Crippen molar-refractivity contribution in [2.45, 2.75) is 68.9 Å². The van der Waals surface area contributed by atoms with E-state index in [1.807, 2.05) is 110 Å². The molecule has 7 rings (SSSR count). The van der Waals surface area contributed by atoms with Gasteiger partial charge in [0.05, 0.1) is 31.8 Å². The third-order valence-corrected chi connectivity index (χ3v) is 11.6. The lowest BCUT2D eigenvalue weighted by Crippen LogP contribution is -2.41. The van der Waals surface area contributed by atoms with Crippen molar-refractivity contribution in [2.75, 3.05) is 5.75 Å². The van der Waals surface area contributed by atoms with E-state index in [1.165, 1.54) is 4.90 Å². The minimum absolute atomic E-state index is 0.0246. The van der Waals surface area contributed by atoms with E-state index in [1.54, 1.807) is 23.1 Å². The molecular formula is C41H40N4O7S2. The summed E-state index contributed by atoms with van der Waals surface area (Å²) in [4.78, 5) is 39.6. The molecule has 5 atom stereocenters. The molecule has 278 valence electrons. The number of imide groups is 1. The molecule has 2 aliphatic heterocycles. The van der Waals surface area contributed by atoms with Crippen LogP contribution in [0, 0.1) is 12.8 Å². The van der Waals surface area contributed by atoms with Gasteiger partial charge in [0.25, 0.3) is 5.91 Å². The number of benzene rings is 4. The first kappa shape index (κ1) is 37.4. The smallest absolute Gasteiger partial charge is 0.408 e. The van der Waals surface area contributed by atoms with E-state index in [-0.39, 0.29) is 50.2 Å². The van der Waals surface area contributed by atoms with Crippen LogP contribution in [0.2, 0.25) is 0 Å². The minimum Gasteiger partial charge on any atom is -0.445 e. The Morgan fingerprint density at radius 1 is 0.907 bits per heavy atom. The maximum absolute atomic E-state index is 13.2. The lowest BCUT2D eigenvalue weighted by Gasteiger charge is -2.41. The van der Waals surface area contributed by atoms with Crippen LogP contribution < -0.4 is 5.32 Å². The van der Waals surface area contributed by atoms with Crippen LogP contribution in [0.5, 0.6) is 0 Å². The second-order valence-electron chi connectivity index (χ2n) is 13.3. The van der Waals surface area contributed by atoms with Crippen molar-refractivity contribution in [1.29, 1.82) is 0 Å². The zero-order valence-electron chi connectivity index (χ0n) is 29.8. The van der Waals surface area contributed by atoms with Crippen molar-refractivity contribution in [3.63, 3.8) is 0 Å². The Hall–Kier alpha value is -4.92. The Balaban J connectivity index is 1.01. The molecule has 13 heteroatoms. The summed E-state index contributed by atoms with van der Waals surface area (Å²) in [6.45, 7) is 4.19. The molecule has 0 radical (unpaired) electrons. The van der Waals surface area contributed by atoms with Crippen molar-refractivity contribution in [1.82, 2.24) is 20.4 Å². The lowest BCUT2D eigenvalue weighted by molar-refractivity contribution is -0.268. The van der Waals surface area contributed by atoms with E-state index in [0.717, 1.165) is 48.3 Å². The summed E-state index contributed by atoms with van der Waals surface area (Å²) in [6.07, 6.45) is -1.86. The van der Waals surface area contributed by atoms with Crippen molar-refractivity contribution < 1.29 is 33.7 Å². The van der Waals surface area contributed by atoms with Gasteiger partial charge in [-0.1, -0.05) is 127 Å². The standard InChI is InChI=1S/C41H40N4O7S2/c1-25-35(24-53-41-44-43-26(2)54-41)51-39(52-37(25)31-13-11-27(22-46)12-14-31)32-17-15-30(16-18-32)33-10-6-9-29(19-33)21-45-36(47)20-34(38(45)48)42-40(49)50-23-28-7-4-3-5-8-28/h3-19,25,34-35,37,39,46H,20-24H2,1-2H3,(H,42,49)/t25-,34?,35+,37+,39+/m1/s1. The normalized spacial score (nSPS) is 21.3. The van der Waals surface area contributed by atoms with Crippen LogP contribution in [0.25, 0.3) is 11.1 Å². The number of nitrogens with zero attached hydrogens (tertiary/aromatic N) is 3. The van der Waals surface area contributed by atoms with Gasteiger partial charge in [-0.15, -0.1) is 10.2 Å². The van der Waals surface area contributed by atoms with E-state index in [4.69, 9.17) is 14.2 Å². The molecule has 0 aliphatic carbocycles. The molecule has 2 fully saturated rings. The van der Waals surface area contributed by atoms with Gasteiger partial charge in [-0.25, -0.2) is 4.79 Å². The molecular weight excluding hydrogens is 725 g/mol. The highest BCUT2D eigenvalue weighted by molar-refractivity contribution is 8.01. The minimum atomic E-state index is -0.977. The second-order valence-corrected chi connectivity index (χ2v) is 15.8. The lowest BCUT2D eigenvalue weighted by atomic mass is 9.91. The quantitative estimate of drug-likeness (QED) is 0.0995. The van der Waals surface area contributed by atoms with E-state index >= 15 is 0 Å². The molecule has 2 N–H and O–H groups in total. The molecule has 0 spiro atoms. The number of ether oxygens (including phenoxy) is 3. The fourth-order valence-electron chi connectivity index (χ4n) is 6.53. The van der Waals surface area contributed by atoms with Crippen LogP contribution in [0.3, 0.4) is 0 Å². The molecule has 1 unspecified atom stereocenters. The number of carbonyl (C=O) groups excluding carboxylic acids is 3. The summed E-state index contributed by atoms with van der Waals surface area (Å²) in [5, 5.41) is 21.5. The number of hydrogen-bond donors (Lipinski definition) is 2. The number of likely N-dealkylation sites (tertiary alicyclic amines) is 1. The fourth-order valence-corrected chi connectivity index (χ4v) is 8.54. The molecule has 2 aliphatic rings. The predicted molar refractivity (Wildman–Crippen MR) is 204 cm³/mol. The fraction of sp³-hybridized carbons (Fsp3) is 0.293. The molecule has 54 heavy (non-hydrogen) atoms. The number of aryl methyl sites for hydroxylation is 1. The number of amides is 3. The highest BCUT2D eigenvalue weighted by Gasteiger charge is 2.40. The van der Waals surface area contributed by atoms with E-state index in [0.29, 0.717) is 5.75 Å². The third-order valence-electron chi connectivity index (χ3n) is 9.53. The van der Waals surface area contributed by atoms with Gasteiger partial charge in [-0.2, -0.15) is 0 Å². The molecule has 5 aromatic rings. The van der Waals surface area contributed by atoms with E-state index in [9.17, 15) is 19.5 Å². The summed E-state index contributed by atoms with van der Waals surface area (Å²) in [7, 11) is 0.